The van der Waals surface area contributed by atoms with Crippen LogP contribution in [0.5, 0.6) is 17.2 Å². The first-order chi connectivity index (χ1) is 15.4. The van der Waals surface area contributed by atoms with Gasteiger partial charge in [-0.05, 0) is 48.4 Å². The van der Waals surface area contributed by atoms with E-state index in [9.17, 15) is 9.59 Å². The Kier molecular flexibility index (Phi) is 7.62. The average Bonchev–Trinajstić information content (AvgIpc) is 2.81. The Morgan fingerprint density at radius 1 is 1.00 bits per heavy atom. The van der Waals surface area contributed by atoms with Gasteiger partial charge < -0.3 is 24.8 Å². The summed E-state index contributed by atoms with van der Waals surface area (Å²) < 4.78 is 16.0. The fraction of sp³-hybridized carbons (Fsp3) is 0.440. The summed E-state index contributed by atoms with van der Waals surface area (Å²) in [5, 5.41) is 6.04. The third-order valence-electron chi connectivity index (χ3n) is 5.85. The van der Waals surface area contributed by atoms with Gasteiger partial charge in [-0.25, -0.2) is 0 Å². The van der Waals surface area contributed by atoms with Crippen LogP contribution in [-0.2, 0) is 11.2 Å². The van der Waals surface area contributed by atoms with Gasteiger partial charge >= 0.3 is 0 Å². The van der Waals surface area contributed by atoms with Gasteiger partial charge in [0.1, 0.15) is 6.04 Å². The van der Waals surface area contributed by atoms with Crippen molar-refractivity contribution in [3.05, 3.63) is 53.1 Å². The molecule has 2 amide bonds. The molecule has 2 atom stereocenters. The van der Waals surface area contributed by atoms with E-state index in [0.29, 0.717) is 22.8 Å². The minimum Gasteiger partial charge on any atom is -0.493 e. The van der Waals surface area contributed by atoms with Crippen LogP contribution in [0.3, 0.4) is 0 Å². The molecule has 0 fully saturated rings. The van der Waals surface area contributed by atoms with E-state index in [2.05, 4.69) is 22.8 Å². The number of aryl methyl sites for hydroxylation is 1. The second kappa shape index (κ2) is 10.4. The zero-order valence-corrected chi connectivity index (χ0v) is 19.4. The molecular formula is C25H32N2O5. The first kappa shape index (κ1) is 23.4. The Labute approximate surface area is 189 Å². The van der Waals surface area contributed by atoms with E-state index in [-0.39, 0.29) is 23.8 Å². The van der Waals surface area contributed by atoms with Crippen LogP contribution in [-0.4, -0.2) is 39.2 Å². The molecular weight excluding hydrogens is 408 g/mol. The predicted octanol–water partition coefficient (Wildman–Crippen LogP) is 3.66. The van der Waals surface area contributed by atoms with Gasteiger partial charge in [-0.2, -0.15) is 0 Å². The van der Waals surface area contributed by atoms with Gasteiger partial charge in [0.25, 0.3) is 5.91 Å². The van der Waals surface area contributed by atoms with E-state index in [4.69, 9.17) is 14.2 Å². The van der Waals surface area contributed by atoms with Gasteiger partial charge in [0, 0.05) is 5.56 Å². The van der Waals surface area contributed by atoms with Crippen LogP contribution in [0.1, 0.15) is 54.2 Å². The van der Waals surface area contributed by atoms with Crippen molar-refractivity contribution >= 4 is 11.8 Å². The van der Waals surface area contributed by atoms with E-state index in [0.717, 1.165) is 24.8 Å². The van der Waals surface area contributed by atoms with Crippen molar-refractivity contribution in [1.29, 1.82) is 0 Å². The minimum atomic E-state index is -0.685. The maximum Gasteiger partial charge on any atom is 0.252 e. The number of fused-ring (bicyclic) bond motifs is 1. The van der Waals surface area contributed by atoms with Gasteiger partial charge in [-0.3, -0.25) is 9.59 Å². The number of hydrogen-bond acceptors (Lipinski definition) is 5. The number of amides is 2. The van der Waals surface area contributed by atoms with Crippen LogP contribution in [0.2, 0.25) is 0 Å². The summed E-state index contributed by atoms with van der Waals surface area (Å²) in [5.74, 6) is 0.479. The van der Waals surface area contributed by atoms with Crippen molar-refractivity contribution in [3.8, 4) is 17.2 Å². The first-order valence-electron chi connectivity index (χ1n) is 10.9. The summed E-state index contributed by atoms with van der Waals surface area (Å²) in [6, 6.07) is 10.6. The molecule has 0 saturated heterocycles. The SMILES string of the molecule is COc1cc(C(=O)N[C@H](C(=O)NC2CCCc3ccccc32)C(C)C)cc(OC)c1OC. The predicted molar refractivity (Wildman–Crippen MR) is 122 cm³/mol. The molecule has 7 nitrogen and oxygen atoms in total. The number of hydrogen-bond donors (Lipinski definition) is 2. The van der Waals surface area contributed by atoms with E-state index in [1.165, 1.54) is 26.9 Å². The maximum atomic E-state index is 13.2. The molecule has 0 heterocycles. The number of carbonyl (C=O) groups excluding carboxylic acids is 2. The lowest BCUT2D eigenvalue weighted by atomic mass is 9.87. The van der Waals surface area contributed by atoms with Gasteiger partial charge in [0.05, 0.1) is 27.4 Å². The average molecular weight is 441 g/mol. The Morgan fingerprint density at radius 3 is 2.25 bits per heavy atom. The molecule has 0 saturated carbocycles. The molecule has 7 heteroatoms. The Bertz CT molecular complexity index is 948. The van der Waals surface area contributed by atoms with E-state index < -0.39 is 6.04 Å². The normalized spacial score (nSPS) is 16.0. The second-order valence-corrected chi connectivity index (χ2v) is 8.26. The summed E-state index contributed by atoms with van der Waals surface area (Å²) in [6.07, 6.45) is 2.93. The van der Waals surface area contributed by atoms with Crippen LogP contribution in [0.25, 0.3) is 0 Å². The van der Waals surface area contributed by atoms with Gasteiger partial charge in [-0.15, -0.1) is 0 Å². The molecule has 172 valence electrons. The zero-order chi connectivity index (χ0) is 23.3. The summed E-state index contributed by atoms with van der Waals surface area (Å²) in [6.45, 7) is 3.82. The zero-order valence-electron chi connectivity index (χ0n) is 19.4. The number of nitrogens with one attached hydrogen (secondary N) is 2. The molecule has 0 spiro atoms. The molecule has 0 aromatic heterocycles. The molecule has 2 aromatic rings. The van der Waals surface area contributed by atoms with Gasteiger partial charge in [0.15, 0.2) is 11.5 Å². The van der Waals surface area contributed by atoms with Crippen LogP contribution in [0.15, 0.2) is 36.4 Å². The molecule has 0 radical (unpaired) electrons. The lowest BCUT2D eigenvalue weighted by Gasteiger charge is -2.29. The Morgan fingerprint density at radius 2 is 1.66 bits per heavy atom. The van der Waals surface area contributed by atoms with Crippen LogP contribution in [0.4, 0.5) is 0 Å². The fourth-order valence-electron chi connectivity index (χ4n) is 4.14. The standard InChI is InChI=1S/C25H32N2O5/c1-15(2)22(25(29)26-19-12-8-10-16-9-6-7-11-18(16)19)27-24(28)17-13-20(30-3)23(32-5)21(14-17)31-4/h6-7,9,11,13-15,19,22H,8,10,12H2,1-5H3,(H,26,29)(H,27,28)/t19?,22-/m0/s1. The lowest BCUT2D eigenvalue weighted by Crippen LogP contribution is -2.50. The summed E-state index contributed by atoms with van der Waals surface area (Å²) >= 11 is 0. The van der Waals surface area contributed by atoms with Crippen molar-refractivity contribution in [2.45, 2.75) is 45.2 Å². The summed E-state index contributed by atoms with van der Waals surface area (Å²) in [4.78, 5) is 26.2. The third-order valence-corrected chi connectivity index (χ3v) is 5.85. The molecule has 0 bridgehead atoms. The van der Waals surface area contributed by atoms with Crippen molar-refractivity contribution in [2.24, 2.45) is 5.92 Å². The highest BCUT2D eigenvalue weighted by Crippen LogP contribution is 2.38. The molecule has 2 aromatic carbocycles. The van der Waals surface area contributed by atoms with Crippen LogP contribution in [0, 0.1) is 5.92 Å². The minimum absolute atomic E-state index is 0.0493. The Balaban J connectivity index is 1.78. The quantitative estimate of drug-likeness (QED) is 0.654. The van der Waals surface area contributed by atoms with Crippen LogP contribution < -0.4 is 24.8 Å². The first-order valence-corrected chi connectivity index (χ1v) is 10.9. The summed E-state index contributed by atoms with van der Waals surface area (Å²) in [5.41, 5.74) is 2.75. The van der Waals surface area contributed by atoms with Crippen molar-refractivity contribution in [3.63, 3.8) is 0 Å². The molecule has 1 aliphatic carbocycles. The Hall–Kier alpha value is -3.22. The smallest absolute Gasteiger partial charge is 0.252 e. The molecule has 3 rings (SSSR count). The molecule has 1 unspecified atom stereocenters. The molecule has 32 heavy (non-hydrogen) atoms. The van der Waals surface area contributed by atoms with Gasteiger partial charge in [0.2, 0.25) is 11.7 Å². The molecule has 0 aliphatic heterocycles. The highest BCUT2D eigenvalue weighted by molar-refractivity contribution is 5.98. The molecule has 1 aliphatic rings. The van der Waals surface area contributed by atoms with E-state index in [1.54, 1.807) is 12.1 Å². The summed E-state index contributed by atoms with van der Waals surface area (Å²) in [7, 11) is 4.49. The molecule has 2 N–H and O–H groups in total. The van der Waals surface area contributed by atoms with Crippen molar-refractivity contribution < 1.29 is 23.8 Å². The number of carbonyl (C=O) groups is 2. The largest absolute Gasteiger partial charge is 0.493 e. The number of ether oxygens (including phenoxy) is 3. The van der Waals surface area contributed by atoms with Crippen molar-refractivity contribution in [1.82, 2.24) is 10.6 Å². The van der Waals surface area contributed by atoms with E-state index in [1.807, 2.05) is 26.0 Å². The highest BCUT2D eigenvalue weighted by Gasteiger charge is 2.29. The maximum absolute atomic E-state index is 13.2. The number of methoxy groups -OCH3 is 3. The topological polar surface area (TPSA) is 85.9 Å². The highest BCUT2D eigenvalue weighted by atomic mass is 16.5. The second-order valence-electron chi connectivity index (χ2n) is 8.26. The van der Waals surface area contributed by atoms with Crippen LogP contribution >= 0.6 is 0 Å². The fourth-order valence-corrected chi connectivity index (χ4v) is 4.14. The lowest BCUT2D eigenvalue weighted by molar-refractivity contribution is -0.124. The number of rotatable bonds is 8. The third kappa shape index (κ3) is 4.98. The number of benzene rings is 2. The van der Waals surface area contributed by atoms with Crippen molar-refractivity contribution in [2.75, 3.05) is 21.3 Å². The van der Waals surface area contributed by atoms with E-state index >= 15 is 0 Å². The monoisotopic (exact) mass is 440 g/mol. The van der Waals surface area contributed by atoms with Gasteiger partial charge in [-0.1, -0.05) is 38.1 Å².